The molecule has 6 nitrogen and oxygen atoms in total. The van der Waals surface area contributed by atoms with Gasteiger partial charge in [0.25, 0.3) is 0 Å². The lowest BCUT2D eigenvalue weighted by molar-refractivity contribution is 0.0109. The normalized spacial score (nSPS) is 19.8. The van der Waals surface area contributed by atoms with E-state index in [1.54, 1.807) is 0 Å². The zero-order valence-electron chi connectivity index (χ0n) is 15.4. The van der Waals surface area contributed by atoms with Crippen LogP contribution in [0.3, 0.4) is 0 Å². The summed E-state index contributed by atoms with van der Waals surface area (Å²) in [5, 5.41) is 8.00. The number of hydrogen-bond acceptors (Lipinski definition) is 4. The van der Waals surface area contributed by atoms with Crippen molar-refractivity contribution in [1.82, 2.24) is 20.0 Å². The van der Waals surface area contributed by atoms with Gasteiger partial charge in [0.15, 0.2) is 0 Å². The van der Waals surface area contributed by atoms with Gasteiger partial charge in [0.2, 0.25) is 0 Å². The Hall–Kier alpha value is -1.56. The maximum atomic E-state index is 12.6. The first-order valence-electron chi connectivity index (χ1n) is 8.24. The summed E-state index contributed by atoms with van der Waals surface area (Å²) in [5.41, 5.74) is 1.56. The minimum atomic E-state index is -0.491. The molecule has 1 N–H and O–H groups in total. The maximum Gasteiger partial charge on any atom is 0.410 e. The van der Waals surface area contributed by atoms with Crippen LogP contribution in [0.4, 0.5) is 4.79 Å². The van der Waals surface area contributed by atoms with E-state index in [-0.39, 0.29) is 17.6 Å². The first-order valence-corrected chi connectivity index (χ1v) is 8.24. The second-order valence-corrected chi connectivity index (χ2v) is 8.22. The number of carbonyl (C=O) groups is 1. The quantitative estimate of drug-likeness (QED) is 0.863. The van der Waals surface area contributed by atoms with Crippen molar-refractivity contribution >= 4 is 6.09 Å². The van der Waals surface area contributed by atoms with Crippen molar-refractivity contribution in [1.29, 1.82) is 0 Å². The Bertz CT molecular complexity index is 566. The molecule has 1 saturated heterocycles. The van der Waals surface area contributed by atoms with E-state index in [9.17, 15) is 4.79 Å². The third-order valence-electron chi connectivity index (χ3n) is 3.90. The highest BCUT2D eigenvalue weighted by molar-refractivity contribution is 5.69. The number of amides is 1. The van der Waals surface area contributed by atoms with E-state index in [2.05, 4.69) is 37.3 Å². The number of nitrogens with zero attached hydrogens (tertiary/aromatic N) is 3. The number of carbonyl (C=O) groups excluding carboxylic acids is 1. The number of nitrogens with one attached hydrogen (secondary N) is 1. The summed E-state index contributed by atoms with van der Waals surface area (Å²) in [6.07, 6.45) is -0.262. The third-order valence-corrected chi connectivity index (χ3v) is 3.90. The molecule has 0 bridgehead atoms. The molecule has 0 radical (unpaired) electrons. The Kier molecular flexibility index (Phi) is 4.76. The number of aryl methyl sites for hydroxylation is 1. The summed E-state index contributed by atoms with van der Waals surface area (Å²) in [7, 11) is 1.94. The fourth-order valence-corrected chi connectivity index (χ4v) is 2.67. The molecule has 0 saturated carbocycles. The molecule has 1 aromatic heterocycles. The molecule has 1 aromatic rings. The van der Waals surface area contributed by atoms with E-state index in [0.717, 1.165) is 17.9 Å². The second kappa shape index (κ2) is 6.15. The highest BCUT2D eigenvalue weighted by Gasteiger charge is 2.34. The molecular weight excluding hydrogens is 292 g/mol. The molecule has 23 heavy (non-hydrogen) atoms. The van der Waals surface area contributed by atoms with Crippen molar-refractivity contribution in [2.24, 2.45) is 7.05 Å². The smallest absolute Gasteiger partial charge is 0.410 e. The van der Waals surface area contributed by atoms with Gasteiger partial charge in [-0.3, -0.25) is 9.58 Å². The first kappa shape index (κ1) is 17.8. The molecule has 0 aliphatic carbocycles. The lowest BCUT2D eigenvalue weighted by Gasteiger charge is -2.37. The lowest BCUT2D eigenvalue weighted by Crippen LogP contribution is -2.50. The summed E-state index contributed by atoms with van der Waals surface area (Å²) in [6, 6.07) is 2.04. The average Bonchev–Trinajstić information content (AvgIpc) is 2.79. The monoisotopic (exact) mass is 322 g/mol. The lowest BCUT2D eigenvalue weighted by atomic mass is 9.92. The van der Waals surface area contributed by atoms with Crippen molar-refractivity contribution < 1.29 is 9.53 Å². The van der Waals surface area contributed by atoms with Crippen LogP contribution in [-0.4, -0.2) is 46.0 Å². The predicted octanol–water partition coefficient (Wildman–Crippen LogP) is 2.60. The van der Waals surface area contributed by atoms with Gasteiger partial charge in [0.05, 0.1) is 17.4 Å². The molecule has 0 aromatic carbocycles. The molecule has 2 rings (SSSR count). The molecule has 1 aliphatic heterocycles. The highest BCUT2D eigenvalue weighted by atomic mass is 16.6. The number of rotatable bonds is 1. The van der Waals surface area contributed by atoms with Crippen molar-refractivity contribution in [3.05, 3.63) is 17.5 Å². The predicted molar refractivity (Wildman–Crippen MR) is 90.5 cm³/mol. The number of piperazine rings is 1. The van der Waals surface area contributed by atoms with Gasteiger partial charge in [-0.1, -0.05) is 20.8 Å². The van der Waals surface area contributed by atoms with Gasteiger partial charge in [-0.05, 0) is 26.8 Å². The maximum absolute atomic E-state index is 12.6. The summed E-state index contributed by atoms with van der Waals surface area (Å²) >= 11 is 0. The Morgan fingerprint density at radius 1 is 1.30 bits per heavy atom. The molecule has 1 atom stereocenters. The van der Waals surface area contributed by atoms with Crippen LogP contribution in [-0.2, 0) is 17.2 Å². The van der Waals surface area contributed by atoms with Crippen molar-refractivity contribution in [2.45, 2.75) is 58.6 Å². The molecule has 1 unspecified atom stereocenters. The second-order valence-electron chi connectivity index (χ2n) is 8.22. The minimum absolute atomic E-state index is 0.0190. The summed E-state index contributed by atoms with van der Waals surface area (Å²) in [6.45, 7) is 14.2. The van der Waals surface area contributed by atoms with E-state index in [0.29, 0.717) is 13.1 Å². The van der Waals surface area contributed by atoms with Gasteiger partial charge in [0, 0.05) is 32.1 Å². The van der Waals surface area contributed by atoms with Crippen molar-refractivity contribution in [2.75, 3.05) is 19.6 Å². The average molecular weight is 322 g/mol. The van der Waals surface area contributed by atoms with Crippen LogP contribution in [0.1, 0.15) is 59.0 Å². The summed E-state index contributed by atoms with van der Waals surface area (Å²) < 4.78 is 7.46. The SMILES string of the molecule is Cn1nc(C(C)(C)C)cc1C1CNCCN1C(=O)OC(C)(C)C. The molecule has 130 valence electrons. The molecule has 0 spiro atoms. The number of hydrogen-bond donors (Lipinski definition) is 1. The molecule has 2 heterocycles. The van der Waals surface area contributed by atoms with Crippen LogP contribution >= 0.6 is 0 Å². The minimum Gasteiger partial charge on any atom is -0.444 e. The molecule has 6 heteroatoms. The fraction of sp³-hybridized carbons (Fsp3) is 0.765. The van der Waals surface area contributed by atoms with Gasteiger partial charge < -0.3 is 10.1 Å². The summed E-state index contributed by atoms with van der Waals surface area (Å²) in [4.78, 5) is 14.4. The van der Waals surface area contributed by atoms with Crippen LogP contribution in [0, 0.1) is 0 Å². The van der Waals surface area contributed by atoms with E-state index in [1.807, 2.05) is 37.4 Å². The Balaban J connectivity index is 2.28. The largest absolute Gasteiger partial charge is 0.444 e. The zero-order chi connectivity index (χ0) is 17.4. The first-order chi connectivity index (χ1) is 10.5. The zero-order valence-corrected chi connectivity index (χ0v) is 15.4. The van der Waals surface area contributed by atoms with Crippen LogP contribution in [0.15, 0.2) is 6.07 Å². The van der Waals surface area contributed by atoms with Gasteiger partial charge in [-0.25, -0.2) is 4.79 Å². The number of aromatic nitrogens is 2. The topological polar surface area (TPSA) is 59.4 Å². The summed E-state index contributed by atoms with van der Waals surface area (Å²) in [5.74, 6) is 0. The Morgan fingerprint density at radius 2 is 1.96 bits per heavy atom. The Labute approximate surface area is 139 Å². The van der Waals surface area contributed by atoms with Gasteiger partial charge in [-0.15, -0.1) is 0 Å². The molecule has 1 fully saturated rings. The van der Waals surface area contributed by atoms with E-state index < -0.39 is 5.60 Å². The van der Waals surface area contributed by atoms with Gasteiger partial charge >= 0.3 is 6.09 Å². The van der Waals surface area contributed by atoms with Crippen molar-refractivity contribution in [3.8, 4) is 0 Å². The van der Waals surface area contributed by atoms with E-state index in [4.69, 9.17) is 4.74 Å². The number of ether oxygens (including phenoxy) is 1. The molecule has 1 aliphatic rings. The standard InChI is InChI=1S/C17H30N4O2/c1-16(2,3)14-10-12(20(7)19-14)13-11-18-8-9-21(13)15(22)23-17(4,5)6/h10,13,18H,8-9,11H2,1-7H3. The van der Waals surface area contributed by atoms with E-state index >= 15 is 0 Å². The molecule has 1 amide bonds. The van der Waals surface area contributed by atoms with Crippen LogP contribution < -0.4 is 5.32 Å². The van der Waals surface area contributed by atoms with Crippen LogP contribution in [0.5, 0.6) is 0 Å². The van der Waals surface area contributed by atoms with Crippen molar-refractivity contribution in [3.63, 3.8) is 0 Å². The van der Waals surface area contributed by atoms with E-state index in [1.165, 1.54) is 0 Å². The van der Waals surface area contributed by atoms with Gasteiger partial charge in [0.1, 0.15) is 5.60 Å². The van der Waals surface area contributed by atoms with Gasteiger partial charge in [-0.2, -0.15) is 5.10 Å². The fourth-order valence-electron chi connectivity index (χ4n) is 2.67. The van der Waals surface area contributed by atoms with Crippen LogP contribution in [0.2, 0.25) is 0 Å². The molecular formula is C17H30N4O2. The highest BCUT2D eigenvalue weighted by Crippen LogP contribution is 2.28. The third kappa shape index (κ3) is 4.25. The Morgan fingerprint density at radius 3 is 2.48 bits per heavy atom. The van der Waals surface area contributed by atoms with Crippen LogP contribution in [0.25, 0.3) is 0 Å².